The lowest BCUT2D eigenvalue weighted by Crippen LogP contribution is -2.19. The third kappa shape index (κ3) is 2.45. The van der Waals surface area contributed by atoms with Crippen LogP contribution < -0.4 is 5.56 Å². The highest BCUT2D eigenvalue weighted by Crippen LogP contribution is 2.12. The number of hydrogen-bond acceptors (Lipinski definition) is 2. The number of aromatic nitrogens is 1. The minimum Gasteiger partial charge on any atom is -0.478 e. The minimum atomic E-state index is -1.21. The first-order chi connectivity index (χ1) is 8.58. The van der Waals surface area contributed by atoms with Crippen molar-refractivity contribution in [1.82, 2.24) is 4.57 Å². The zero-order chi connectivity index (χ0) is 13.1. The van der Waals surface area contributed by atoms with Gasteiger partial charge in [0.15, 0.2) is 0 Å². The van der Waals surface area contributed by atoms with Gasteiger partial charge in [0.1, 0.15) is 5.82 Å². The van der Waals surface area contributed by atoms with Crippen LogP contribution in [-0.4, -0.2) is 15.6 Å². The fourth-order valence-corrected chi connectivity index (χ4v) is 1.66. The monoisotopic (exact) mass is 247 g/mol. The average molecular weight is 247 g/mol. The second kappa shape index (κ2) is 4.83. The molecule has 0 fully saturated rings. The number of rotatable bonds is 3. The second-order valence-electron chi connectivity index (χ2n) is 3.77. The van der Waals surface area contributed by atoms with E-state index < -0.39 is 11.8 Å². The van der Waals surface area contributed by atoms with Crippen molar-refractivity contribution in [1.29, 1.82) is 0 Å². The third-order valence-electron chi connectivity index (χ3n) is 2.54. The number of pyridine rings is 1. The molecule has 1 heterocycles. The molecule has 4 nitrogen and oxygen atoms in total. The molecule has 0 amide bonds. The van der Waals surface area contributed by atoms with Gasteiger partial charge in [-0.1, -0.05) is 12.1 Å². The fraction of sp³-hybridized carbons (Fsp3) is 0.0769. The predicted molar refractivity (Wildman–Crippen MR) is 63.2 cm³/mol. The molecule has 5 heteroatoms. The highest BCUT2D eigenvalue weighted by atomic mass is 19.1. The Kier molecular flexibility index (Phi) is 3.23. The van der Waals surface area contributed by atoms with Crippen LogP contribution in [0.25, 0.3) is 0 Å². The summed E-state index contributed by atoms with van der Waals surface area (Å²) in [6, 6.07) is 8.15. The smallest absolute Gasteiger partial charge is 0.336 e. The van der Waals surface area contributed by atoms with E-state index in [0.29, 0.717) is 5.56 Å². The van der Waals surface area contributed by atoms with E-state index in [0.717, 1.165) is 6.07 Å². The molecule has 0 unspecified atom stereocenters. The largest absolute Gasteiger partial charge is 0.478 e. The molecule has 0 aliphatic heterocycles. The van der Waals surface area contributed by atoms with Gasteiger partial charge in [0.25, 0.3) is 5.56 Å². The van der Waals surface area contributed by atoms with Crippen molar-refractivity contribution in [2.45, 2.75) is 6.54 Å². The van der Waals surface area contributed by atoms with Gasteiger partial charge in [-0.2, -0.15) is 0 Å². The molecular formula is C13H10FNO3. The van der Waals surface area contributed by atoms with E-state index in [9.17, 15) is 14.0 Å². The van der Waals surface area contributed by atoms with Crippen LogP contribution in [-0.2, 0) is 6.54 Å². The summed E-state index contributed by atoms with van der Waals surface area (Å²) in [7, 11) is 0. The Labute approximate surface area is 102 Å². The highest BCUT2D eigenvalue weighted by Gasteiger charge is 2.11. The molecule has 92 valence electrons. The lowest BCUT2D eigenvalue weighted by atomic mass is 10.1. The Morgan fingerprint density at radius 1 is 1.28 bits per heavy atom. The molecule has 1 aromatic carbocycles. The van der Waals surface area contributed by atoms with Gasteiger partial charge in [0, 0.05) is 12.3 Å². The maximum Gasteiger partial charge on any atom is 0.336 e. The van der Waals surface area contributed by atoms with Crippen molar-refractivity contribution in [3.05, 3.63) is 69.9 Å². The van der Waals surface area contributed by atoms with Crippen molar-refractivity contribution < 1.29 is 14.3 Å². The molecule has 0 saturated heterocycles. The number of hydrogen-bond donors (Lipinski definition) is 1. The molecule has 0 aliphatic rings. The third-order valence-corrected chi connectivity index (χ3v) is 2.54. The summed E-state index contributed by atoms with van der Waals surface area (Å²) in [6.07, 6.45) is 1.55. The van der Waals surface area contributed by atoms with Gasteiger partial charge >= 0.3 is 5.97 Å². The second-order valence-corrected chi connectivity index (χ2v) is 3.77. The number of carboxylic acid groups (broad SMARTS) is 1. The molecule has 0 bridgehead atoms. The molecule has 18 heavy (non-hydrogen) atoms. The molecule has 0 saturated carbocycles. The van der Waals surface area contributed by atoms with Crippen LogP contribution in [0.3, 0.4) is 0 Å². The molecule has 2 rings (SSSR count). The van der Waals surface area contributed by atoms with E-state index in [-0.39, 0.29) is 17.7 Å². The summed E-state index contributed by atoms with van der Waals surface area (Å²) < 4.78 is 14.4. The SMILES string of the molecule is O=C(O)c1cc(F)ccc1Cn1ccccc1=O. The number of carboxylic acids is 1. The van der Waals surface area contributed by atoms with E-state index in [4.69, 9.17) is 5.11 Å². The van der Waals surface area contributed by atoms with Crippen LogP contribution in [0, 0.1) is 5.82 Å². The van der Waals surface area contributed by atoms with E-state index >= 15 is 0 Å². The highest BCUT2D eigenvalue weighted by molar-refractivity contribution is 5.89. The number of nitrogens with zero attached hydrogens (tertiary/aromatic N) is 1. The van der Waals surface area contributed by atoms with Crippen molar-refractivity contribution >= 4 is 5.97 Å². The van der Waals surface area contributed by atoms with E-state index in [1.54, 1.807) is 18.3 Å². The summed E-state index contributed by atoms with van der Waals surface area (Å²) in [4.78, 5) is 22.5. The first-order valence-electron chi connectivity index (χ1n) is 5.25. The van der Waals surface area contributed by atoms with Gasteiger partial charge in [-0.3, -0.25) is 4.79 Å². The quantitative estimate of drug-likeness (QED) is 0.898. The Morgan fingerprint density at radius 3 is 2.72 bits per heavy atom. The van der Waals surface area contributed by atoms with Gasteiger partial charge in [0.05, 0.1) is 12.1 Å². The number of aromatic carboxylic acids is 1. The molecule has 1 N–H and O–H groups in total. The molecular weight excluding hydrogens is 237 g/mol. The fourth-order valence-electron chi connectivity index (χ4n) is 1.66. The zero-order valence-electron chi connectivity index (χ0n) is 9.34. The number of halogens is 1. The van der Waals surface area contributed by atoms with Crippen LogP contribution in [0.2, 0.25) is 0 Å². The molecule has 0 aliphatic carbocycles. The minimum absolute atomic E-state index is 0.0988. The van der Waals surface area contributed by atoms with Crippen molar-refractivity contribution in [2.24, 2.45) is 0 Å². The zero-order valence-corrected chi connectivity index (χ0v) is 9.34. The molecule has 0 spiro atoms. The normalized spacial score (nSPS) is 10.3. The molecule has 0 atom stereocenters. The van der Waals surface area contributed by atoms with Crippen molar-refractivity contribution in [3.8, 4) is 0 Å². The number of benzene rings is 1. The summed E-state index contributed by atoms with van der Waals surface area (Å²) in [5, 5.41) is 8.98. The van der Waals surface area contributed by atoms with E-state index in [1.807, 2.05) is 0 Å². The van der Waals surface area contributed by atoms with Gasteiger partial charge in [0.2, 0.25) is 0 Å². The predicted octanol–water partition coefficient (Wildman–Crippen LogP) is 1.73. The van der Waals surface area contributed by atoms with Crippen LogP contribution in [0.4, 0.5) is 4.39 Å². The van der Waals surface area contributed by atoms with Crippen molar-refractivity contribution in [2.75, 3.05) is 0 Å². The lowest BCUT2D eigenvalue weighted by Gasteiger charge is -2.08. The Bertz CT molecular complexity index is 649. The van der Waals surface area contributed by atoms with Gasteiger partial charge < -0.3 is 9.67 Å². The standard InChI is InChI=1S/C13H10FNO3/c14-10-5-4-9(11(7-10)13(17)18)8-15-6-2-1-3-12(15)16/h1-7H,8H2,(H,17,18). The Morgan fingerprint density at radius 2 is 2.06 bits per heavy atom. The van der Waals surface area contributed by atoms with E-state index in [2.05, 4.69) is 0 Å². The number of carbonyl (C=O) groups is 1. The molecule has 2 aromatic rings. The Balaban J connectivity index is 2.44. The first kappa shape index (κ1) is 12.0. The average Bonchev–Trinajstić information content (AvgIpc) is 2.34. The molecule has 0 radical (unpaired) electrons. The van der Waals surface area contributed by atoms with Crippen LogP contribution in [0.15, 0.2) is 47.4 Å². The van der Waals surface area contributed by atoms with Crippen molar-refractivity contribution in [3.63, 3.8) is 0 Å². The maximum atomic E-state index is 13.0. The van der Waals surface area contributed by atoms with Gasteiger partial charge in [-0.15, -0.1) is 0 Å². The van der Waals surface area contributed by atoms with E-state index in [1.165, 1.54) is 22.8 Å². The molecule has 1 aromatic heterocycles. The first-order valence-corrected chi connectivity index (χ1v) is 5.25. The van der Waals surface area contributed by atoms with Crippen LogP contribution >= 0.6 is 0 Å². The summed E-state index contributed by atoms with van der Waals surface area (Å²) in [6.45, 7) is 0.0988. The van der Waals surface area contributed by atoms with Gasteiger partial charge in [-0.25, -0.2) is 9.18 Å². The Hall–Kier alpha value is -2.43. The maximum absolute atomic E-state index is 13.0. The summed E-state index contributed by atoms with van der Waals surface area (Å²) in [5.41, 5.74) is 0.0149. The van der Waals surface area contributed by atoms with Crippen LogP contribution in [0.5, 0.6) is 0 Å². The summed E-state index contributed by atoms with van der Waals surface area (Å²) in [5.74, 6) is -1.83. The topological polar surface area (TPSA) is 59.3 Å². The summed E-state index contributed by atoms with van der Waals surface area (Å²) >= 11 is 0. The lowest BCUT2D eigenvalue weighted by molar-refractivity contribution is 0.0695. The van der Waals surface area contributed by atoms with Gasteiger partial charge in [-0.05, 0) is 23.8 Å². The van der Waals surface area contributed by atoms with Crippen LogP contribution in [0.1, 0.15) is 15.9 Å².